The van der Waals surface area contributed by atoms with Crippen LogP contribution in [0.3, 0.4) is 0 Å². The third-order valence-corrected chi connectivity index (χ3v) is 5.71. The lowest BCUT2D eigenvalue weighted by Crippen LogP contribution is -2.45. The smallest absolute Gasteiger partial charge is 0.110 e. The Morgan fingerprint density at radius 2 is 1.77 bits per heavy atom. The van der Waals surface area contributed by atoms with Crippen LogP contribution in [0.1, 0.15) is 57.8 Å². The fraction of sp³-hybridized carbons (Fsp3) is 1.00. The third-order valence-electron chi connectivity index (χ3n) is 5.71. The van der Waals surface area contributed by atoms with E-state index in [0.717, 1.165) is 18.6 Å². The van der Waals surface area contributed by atoms with Crippen molar-refractivity contribution in [2.24, 2.45) is 5.92 Å². The van der Waals surface area contributed by atoms with Crippen LogP contribution in [0, 0.1) is 5.92 Å². The van der Waals surface area contributed by atoms with Crippen LogP contribution in [0.25, 0.3) is 0 Å². The van der Waals surface area contributed by atoms with Gasteiger partial charge in [-0.2, -0.15) is 0 Å². The molecule has 3 saturated heterocycles. The zero-order valence-corrected chi connectivity index (χ0v) is 14.2. The standard InChI is InChI=1S/C18H35N3O/c1-3-10-20-17(5-1)9-14-21-13-4-2-6-18(21)22-15-16-7-11-19-12-8-16/h16-20H,1-15H2. The van der Waals surface area contributed by atoms with Gasteiger partial charge in [-0.25, -0.2) is 0 Å². The highest BCUT2D eigenvalue weighted by Crippen LogP contribution is 2.22. The van der Waals surface area contributed by atoms with Crippen LogP contribution >= 0.6 is 0 Å². The molecule has 3 aliphatic rings. The van der Waals surface area contributed by atoms with Gasteiger partial charge in [0.05, 0.1) is 6.61 Å². The molecular formula is C18H35N3O. The molecule has 4 heteroatoms. The maximum absolute atomic E-state index is 6.35. The Labute approximate surface area is 136 Å². The summed E-state index contributed by atoms with van der Waals surface area (Å²) in [5, 5.41) is 7.13. The Morgan fingerprint density at radius 1 is 0.909 bits per heavy atom. The Kier molecular flexibility index (Phi) is 6.99. The molecule has 0 spiro atoms. The quantitative estimate of drug-likeness (QED) is 0.790. The first-order valence-corrected chi connectivity index (χ1v) is 9.71. The molecule has 3 aliphatic heterocycles. The van der Waals surface area contributed by atoms with Crippen molar-refractivity contribution in [3.8, 4) is 0 Å². The molecule has 0 amide bonds. The summed E-state index contributed by atoms with van der Waals surface area (Å²) in [6.45, 7) is 7.01. The second kappa shape index (κ2) is 9.21. The van der Waals surface area contributed by atoms with Gasteiger partial charge in [-0.3, -0.25) is 4.90 Å². The Morgan fingerprint density at radius 3 is 2.59 bits per heavy atom. The van der Waals surface area contributed by atoms with Gasteiger partial charge >= 0.3 is 0 Å². The highest BCUT2D eigenvalue weighted by Gasteiger charge is 2.25. The monoisotopic (exact) mass is 309 g/mol. The summed E-state index contributed by atoms with van der Waals surface area (Å²) < 4.78 is 6.35. The van der Waals surface area contributed by atoms with E-state index in [1.54, 1.807) is 0 Å². The van der Waals surface area contributed by atoms with Crippen LogP contribution in [0.15, 0.2) is 0 Å². The van der Waals surface area contributed by atoms with Gasteiger partial charge in [0.15, 0.2) is 0 Å². The molecule has 2 atom stereocenters. The average molecular weight is 309 g/mol. The van der Waals surface area contributed by atoms with E-state index in [-0.39, 0.29) is 0 Å². The van der Waals surface area contributed by atoms with Crippen molar-refractivity contribution in [1.82, 2.24) is 15.5 Å². The molecule has 3 heterocycles. The SMILES string of the molecule is C1CCC(CCN2CCCCC2OCC2CCNCC2)NC1. The van der Waals surface area contributed by atoms with E-state index in [2.05, 4.69) is 15.5 Å². The van der Waals surface area contributed by atoms with Gasteiger partial charge in [-0.1, -0.05) is 6.42 Å². The summed E-state index contributed by atoms with van der Waals surface area (Å²) in [5.41, 5.74) is 0. The topological polar surface area (TPSA) is 36.5 Å². The number of piperidine rings is 3. The molecule has 0 bridgehead atoms. The van der Waals surface area contributed by atoms with Crippen LogP contribution in [0.4, 0.5) is 0 Å². The highest BCUT2D eigenvalue weighted by molar-refractivity contribution is 4.77. The lowest BCUT2D eigenvalue weighted by atomic mass is 9.99. The number of likely N-dealkylation sites (tertiary alicyclic amines) is 1. The van der Waals surface area contributed by atoms with Gasteiger partial charge in [0, 0.05) is 19.1 Å². The maximum Gasteiger partial charge on any atom is 0.110 e. The van der Waals surface area contributed by atoms with Crippen molar-refractivity contribution in [2.45, 2.75) is 70.1 Å². The van der Waals surface area contributed by atoms with E-state index in [9.17, 15) is 0 Å². The van der Waals surface area contributed by atoms with Crippen molar-refractivity contribution < 1.29 is 4.74 Å². The average Bonchev–Trinajstić information content (AvgIpc) is 2.61. The van der Waals surface area contributed by atoms with Gasteiger partial charge in [-0.15, -0.1) is 0 Å². The number of nitrogens with one attached hydrogen (secondary N) is 2. The predicted octanol–water partition coefficient (Wildman–Crippen LogP) is 2.35. The summed E-state index contributed by atoms with van der Waals surface area (Å²) >= 11 is 0. The normalized spacial score (nSPS) is 32.2. The summed E-state index contributed by atoms with van der Waals surface area (Å²) in [5.74, 6) is 0.782. The third kappa shape index (κ3) is 5.19. The van der Waals surface area contributed by atoms with E-state index in [0.29, 0.717) is 6.23 Å². The minimum Gasteiger partial charge on any atom is -0.363 e. The fourth-order valence-corrected chi connectivity index (χ4v) is 4.19. The fourth-order valence-electron chi connectivity index (χ4n) is 4.19. The zero-order valence-electron chi connectivity index (χ0n) is 14.2. The van der Waals surface area contributed by atoms with Crippen LogP contribution in [-0.4, -0.2) is 56.5 Å². The number of rotatable bonds is 6. The molecule has 2 unspecified atom stereocenters. The molecule has 0 aromatic rings. The molecule has 22 heavy (non-hydrogen) atoms. The van der Waals surface area contributed by atoms with Crippen molar-refractivity contribution in [2.75, 3.05) is 39.3 Å². The Balaban J connectivity index is 1.39. The van der Waals surface area contributed by atoms with Crippen molar-refractivity contribution >= 4 is 0 Å². The van der Waals surface area contributed by atoms with E-state index in [1.807, 2.05) is 0 Å². The first-order chi connectivity index (χ1) is 10.9. The van der Waals surface area contributed by atoms with Crippen molar-refractivity contribution in [1.29, 1.82) is 0 Å². The largest absolute Gasteiger partial charge is 0.363 e. The second-order valence-electron chi connectivity index (χ2n) is 7.45. The lowest BCUT2D eigenvalue weighted by Gasteiger charge is -2.37. The Hall–Kier alpha value is -0.160. The Bertz CT molecular complexity index is 271. The van der Waals surface area contributed by atoms with Gasteiger partial charge in [0.1, 0.15) is 6.23 Å². The van der Waals surface area contributed by atoms with Crippen molar-refractivity contribution in [3.05, 3.63) is 0 Å². The summed E-state index contributed by atoms with van der Waals surface area (Å²) in [7, 11) is 0. The van der Waals surface area contributed by atoms with Gasteiger partial charge in [0.25, 0.3) is 0 Å². The molecule has 0 aromatic carbocycles. The first-order valence-electron chi connectivity index (χ1n) is 9.71. The number of ether oxygens (including phenoxy) is 1. The molecule has 0 aromatic heterocycles. The number of hydrogen-bond acceptors (Lipinski definition) is 4. The number of nitrogens with zero attached hydrogens (tertiary/aromatic N) is 1. The van der Waals surface area contributed by atoms with Gasteiger partial charge < -0.3 is 15.4 Å². The molecular weight excluding hydrogens is 274 g/mol. The van der Waals surface area contributed by atoms with Gasteiger partial charge in [-0.05, 0) is 76.9 Å². The summed E-state index contributed by atoms with van der Waals surface area (Å²) in [6.07, 6.45) is 12.4. The predicted molar refractivity (Wildman–Crippen MR) is 91.0 cm³/mol. The minimum atomic E-state index is 0.396. The highest BCUT2D eigenvalue weighted by atomic mass is 16.5. The van der Waals surface area contributed by atoms with E-state index in [4.69, 9.17) is 4.74 Å². The van der Waals surface area contributed by atoms with Crippen LogP contribution in [-0.2, 0) is 4.74 Å². The number of hydrogen-bond donors (Lipinski definition) is 2. The summed E-state index contributed by atoms with van der Waals surface area (Å²) in [6, 6.07) is 0.751. The second-order valence-corrected chi connectivity index (χ2v) is 7.45. The van der Waals surface area contributed by atoms with E-state index in [1.165, 1.54) is 90.5 Å². The molecule has 0 saturated carbocycles. The molecule has 4 nitrogen and oxygen atoms in total. The molecule has 2 N–H and O–H groups in total. The molecule has 3 fully saturated rings. The molecule has 0 radical (unpaired) electrons. The zero-order chi connectivity index (χ0) is 15.0. The lowest BCUT2D eigenvalue weighted by molar-refractivity contribution is -0.0934. The van der Waals surface area contributed by atoms with E-state index < -0.39 is 0 Å². The van der Waals surface area contributed by atoms with Gasteiger partial charge in [0.2, 0.25) is 0 Å². The van der Waals surface area contributed by atoms with E-state index >= 15 is 0 Å². The van der Waals surface area contributed by atoms with Crippen LogP contribution < -0.4 is 10.6 Å². The molecule has 0 aliphatic carbocycles. The minimum absolute atomic E-state index is 0.396. The first kappa shape index (κ1) is 16.7. The van der Waals surface area contributed by atoms with Crippen LogP contribution in [0.5, 0.6) is 0 Å². The van der Waals surface area contributed by atoms with Crippen LogP contribution in [0.2, 0.25) is 0 Å². The summed E-state index contributed by atoms with van der Waals surface area (Å²) in [4.78, 5) is 2.63. The molecule has 3 rings (SSSR count). The van der Waals surface area contributed by atoms with Crippen molar-refractivity contribution in [3.63, 3.8) is 0 Å². The molecule has 128 valence electrons. The maximum atomic E-state index is 6.35.